The van der Waals surface area contributed by atoms with Crippen LogP contribution in [-0.4, -0.2) is 23.2 Å². The molecule has 0 aliphatic rings. The van der Waals surface area contributed by atoms with Crippen molar-refractivity contribution >= 4 is 5.91 Å². The first-order valence-electron chi connectivity index (χ1n) is 4.42. The Balaban J connectivity index is 3.45. The number of carbonyl (C=O) groups is 1. The third-order valence-corrected chi connectivity index (χ3v) is 1.59. The van der Waals surface area contributed by atoms with Crippen LogP contribution in [0.1, 0.15) is 33.1 Å². The average Bonchev–Trinajstić information content (AvgIpc) is 2.02. The number of carbonyl (C=O) groups excluding carboxylic acids is 1. The first kappa shape index (κ1) is 12.0. The molecule has 0 spiro atoms. The van der Waals surface area contributed by atoms with Crippen molar-refractivity contribution in [1.82, 2.24) is 5.32 Å². The lowest BCUT2D eigenvalue weighted by molar-refractivity contribution is -0.136. The molecule has 0 aliphatic heterocycles. The summed E-state index contributed by atoms with van der Waals surface area (Å²) in [5, 5.41) is 11.9. The zero-order chi connectivity index (χ0) is 10.3. The first-order valence-corrected chi connectivity index (χ1v) is 4.42. The van der Waals surface area contributed by atoms with Crippen LogP contribution in [0.5, 0.6) is 0 Å². The molecule has 74 valence electrons. The zero-order valence-electron chi connectivity index (χ0n) is 8.26. The Kier molecular flexibility index (Phi) is 5.17. The van der Waals surface area contributed by atoms with Gasteiger partial charge < -0.3 is 10.4 Å². The molecule has 2 N–H and O–H groups in total. The van der Waals surface area contributed by atoms with E-state index in [1.54, 1.807) is 0 Å². The number of amides is 1. The van der Waals surface area contributed by atoms with Gasteiger partial charge in [0, 0.05) is 13.0 Å². The van der Waals surface area contributed by atoms with Gasteiger partial charge in [0.2, 0.25) is 0 Å². The summed E-state index contributed by atoms with van der Waals surface area (Å²) in [6.07, 6.45) is 7.56. The fourth-order valence-corrected chi connectivity index (χ4v) is 0.770. The molecule has 0 heterocycles. The molecule has 0 atom stereocenters. The Bertz CT molecular complexity index is 198. The number of rotatable bonds is 5. The molecule has 13 heavy (non-hydrogen) atoms. The largest absolute Gasteiger partial charge is 0.381 e. The van der Waals surface area contributed by atoms with E-state index in [2.05, 4.69) is 11.2 Å². The number of hydrogen-bond donors (Lipinski definition) is 2. The predicted molar refractivity (Wildman–Crippen MR) is 52.0 cm³/mol. The van der Waals surface area contributed by atoms with Crippen molar-refractivity contribution in [2.45, 2.75) is 38.7 Å². The van der Waals surface area contributed by atoms with Crippen molar-refractivity contribution in [2.75, 3.05) is 6.54 Å². The molecule has 3 nitrogen and oxygen atoms in total. The van der Waals surface area contributed by atoms with Crippen molar-refractivity contribution in [1.29, 1.82) is 0 Å². The maximum atomic E-state index is 11.1. The van der Waals surface area contributed by atoms with Crippen LogP contribution < -0.4 is 5.32 Å². The Labute approximate surface area is 79.5 Å². The molecule has 0 rings (SSSR count). The summed E-state index contributed by atoms with van der Waals surface area (Å²) in [4.78, 5) is 11.1. The van der Waals surface area contributed by atoms with Gasteiger partial charge >= 0.3 is 0 Å². The van der Waals surface area contributed by atoms with E-state index in [4.69, 9.17) is 6.42 Å². The van der Waals surface area contributed by atoms with Gasteiger partial charge in [0.25, 0.3) is 5.91 Å². The van der Waals surface area contributed by atoms with Crippen molar-refractivity contribution in [3.8, 4) is 12.3 Å². The van der Waals surface area contributed by atoms with E-state index in [9.17, 15) is 9.90 Å². The summed E-state index contributed by atoms with van der Waals surface area (Å²) < 4.78 is 0. The van der Waals surface area contributed by atoms with Crippen LogP contribution in [0.25, 0.3) is 0 Å². The Morgan fingerprint density at radius 2 is 2.15 bits per heavy atom. The molecule has 0 aromatic carbocycles. The number of hydrogen-bond acceptors (Lipinski definition) is 2. The standard InChI is InChI=1S/C10H17NO2/c1-4-5-6-7-8-11-9(12)10(2,3)13/h1,13H,5-8H2,2-3H3,(H,11,12). The quantitative estimate of drug-likeness (QED) is 0.486. The lowest BCUT2D eigenvalue weighted by atomic mass is 10.1. The predicted octanol–water partition coefficient (Wildman–Crippen LogP) is 0.677. The van der Waals surface area contributed by atoms with Crippen molar-refractivity contribution in [3.63, 3.8) is 0 Å². The van der Waals surface area contributed by atoms with E-state index in [0.29, 0.717) is 6.54 Å². The van der Waals surface area contributed by atoms with Gasteiger partial charge in [-0.15, -0.1) is 12.3 Å². The molecular formula is C10H17NO2. The minimum atomic E-state index is -1.29. The average molecular weight is 183 g/mol. The highest BCUT2D eigenvalue weighted by Crippen LogP contribution is 2.00. The fraction of sp³-hybridized carbons (Fsp3) is 0.700. The van der Waals surface area contributed by atoms with E-state index < -0.39 is 5.60 Å². The maximum absolute atomic E-state index is 11.1. The van der Waals surface area contributed by atoms with E-state index in [1.807, 2.05) is 0 Å². The Morgan fingerprint density at radius 1 is 1.54 bits per heavy atom. The second-order valence-electron chi connectivity index (χ2n) is 3.48. The van der Waals surface area contributed by atoms with Gasteiger partial charge in [-0.25, -0.2) is 0 Å². The van der Waals surface area contributed by atoms with Gasteiger partial charge in [0.05, 0.1) is 0 Å². The van der Waals surface area contributed by atoms with E-state index in [1.165, 1.54) is 13.8 Å². The van der Waals surface area contributed by atoms with Crippen LogP contribution in [0.4, 0.5) is 0 Å². The molecule has 0 aromatic heterocycles. The summed E-state index contributed by atoms with van der Waals surface area (Å²) >= 11 is 0. The van der Waals surface area contributed by atoms with Crippen LogP contribution in [-0.2, 0) is 4.79 Å². The molecule has 3 heteroatoms. The summed E-state index contributed by atoms with van der Waals surface area (Å²) in [7, 11) is 0. The summed E-state index contributed by atoms with van der Waals surface area (Å²) in [5.74, 6) is 2.18. The molecular weight excluding hydrogens is 166 g/mol. The lowest BCUT2D eigenvalue weighted by Gasteiger charge is -2.16. The van der Waals surface area contributed by atoms with Crippen molar-refractivity contribution in [2.24, 2.45) is 0 Å². The number of nitrogens with one attached hydrogen (secondary N) is 1. The van der Waals surface area contributed by atoms with Crippen LogP contribution >= 0.6 is 0 Å². The first-order chi connectivity index (χ1) is 5.98. The van der Waals surface area contributed by atoms with Gasteiger partial charge in [-0.3, -0.25) is 4.79 Å². The SMILES string of the molecule is C#CCCCCNC(=O)C(C)(C)O. The smallest absolute Gasteiger partial charge is 0.251 e. The molecule has 1 amide bonds. The summed E-state index contributed by atoms with van der Waals surface area (Å²) in [6.45, 7) is 3.50. The fourth-order valence-electron chi connectivity index (χ4n) is 0.770. The minimum absolute atomic E-state index is 0.340. The van der Waals surface area contributed by atoms with E-state index in [-0.39, 0.29) is 5.91 Å². The topological polar surface area (TPSA) is 49.3 Å². The molecule has 0 aliphatic carbocycles. The van der Waals surface area contributed by atoms with Gasteiger partial charge in [0.1, 0.15) is 5.60 Å². The number of terminal acetylenes is 1. The highest BCUT2D eigenvalue weighted by atomic mass is 16.3. The van der Waals surface area contributed by atoms with Crippen LogP contribution in [0.15, 0.2) is 0 Å². The molecule has 0 radical (unpaired) electrons. The Hall–Kier alpha value is -1.01. The zero-order valence-corrected chi connectivity index (χ0v) is 8.26. The maximum Gasteiger partial charge on any atom is 0.251 e. The normalized spacial score (nSPS) is 10.6. The van der Waals surface area contributed by atoms with Crippen LogP contribution in [0, 0.1) is 12.3 Å². The van der Waals surface area contributed by atoms with Gasteiger partial charge in [0.15, 0.2) is 0 Å². The monoisotopic (exact) mass is 183 g/mol. The summed E-state index contributed by atoms with van der Waals surface area (Å²) in [6, 6.07) is 0. The van der Waals surface area contributed by atoms with Crippen molar-refractivity contribution in [3.05, 3.63) is 0 Å². The van der Waals surface area contributed by atoms with E-state index >= 15 is 0 Å². The van der Waals surface area contributed by atoms with Gasteiger partial charge in [-0.05, 0) is 26.7 Å². The number of aliphatic hydroxyl groups is 1. The van der Waals surface area contributed by atoms with Gasteiger partial charge in [-0.1, -0.05) is 0 Å². The molecule has 0 saturated heterocycles. The molecule has 0 unspecified atom stereocenters. The van der Waals surface area contributed by atoms with E-state index in [0.717, 1.165) is 19.3 Å². The highest BCUT2D eigenvalue weighted by Gasteiger charge is 2.22. The second-order valence-corrected chi connectivity index (χ2v) is 3.48. The Morgan fingerprint density at radius 3 is 2.62 bits per heavy atom. The third-order valence-electron chi connectivity index (χ3n) is 1.59. The minimum Gasteiger partial charge on any atom is -0.381 e. The lowest BCUT2D eigenvalue weighted by Crippen LogP contribution is -2.42. The third kappa shape index (κ3) is 6.18. The van der Waals surface area contributed by atoms with Crippen LogP contribution in [0.3, 0.4) is 0 Å². The summed E-state index contributed by atoms with van der Waals surface area (Å²) in [5.41, 5.74) is -1.29. The van der Waals surface area contributed by atoms with Crippen molar-refractivity contribution < 1.29 is 9.90 Å². The molecule has 0 saturated carbocycles. The number of unbranched alkanes of at least 4 members (excludes halogenated alkanes) is 2. The molecule has 0 aromatic rings. The molecule has 0 bridgehead atoms. The second kappa shape index (κ2) is 5.60. The highest BCUT2D eigenvalue weighted by molar-refractivity contribution is 5.83. The van der Waals surface area contributed by atoms with Gasteiger partial charge in [-0.2, -0.15) is 0 Å². The molecule has 0 fully saturated rings. The van der Waals surface area contributed by atoms with Crippen LogP contribution in [0.2, 0.25) is 0 Å².